The number of anilines is 1. The number of imide groups is 1. The zero-order chi connectivity index (χ0) is 23.4. The Balaban J connectivity index is 1.62. The summed E-state index contributed by atoms with van der Waals surface area (Å²) in [6, 6.07) is 14.3. The standard InChI is InChI=1S/C24H23N3O5S/c1-31-18-10-8-16(9-11-18)13-20-23(30)27(17-5-3-6-19(14-17)32-2)24(25-20)33-15-22(29)26-12-4-7-21(26)28/h3,5-6,8-11,13-14H,4,7,12,15H2,1-2H3. The minimum absolute atomic E-state index is 0.00807. The number of thioether (sulfide) groups is 1. The van der Waals surface area contributed by atoms with Crippen LogP contribution in [0.15, 0.2) is 59.2 Å². The molecule has 0 N–H and O–H groups in total. The zero-order valence-electron chi connectivity index (χ0n) is 18.3. The van der Waals surface area contributed by atoms with Crippen molar-refractivity contribution in [3.63, 3.8) is 0 Å². The second kappa shape index (κ2) is 9.91. The molecule has 2 aliphatic heterocycles. The number of likely N-dealkylation sites (tertiary alicyclic amines) is 1. The monoisotopic (exact) mass is 465 g/mol. The van der Waals surface area contributed by atoms with Gasteiger partial charge in [0.25, 0.3) is 5.91 Å². The lowest BCUT2D eigenvalue weighted by Crippen LogP contribution is -2.35. The van der Waals surface area contributed by atoms with Gasteiger partial charge in [-0.1, -0.05) is 30.0 Å². The third-order valence-corrected chi connectivity index (χ3v) is 6.18. The molecule has 1 saturated heterocycles. The van der Waals surface area contributed by atoms with Crippen LogP contribution < -0.4 is 14.4 Å². The highest BCUT2D eigenvalue weighted by atomic mass is 32.2. The van der Waals surface area contributed by atoms with Crippen molar-refractivity contribution in [2.75, 3.05) is 31.4 Å². The van der Waals surface area contributed by atoms with Gasteiger partial charge in [0.15, 0.2) is 5.17 Å². The summed E-state index contributed by atoms with van der Waals surface area (Å²) in [4.78, 5) is 45.0. The van der Waals surface area contributed by atoms with Gasteiger partial charge in [-0.15, -0.1) is 0 Å². The molecule has 8 nitrogen and oxygen atoms in total. The number of amidine groups is 1. The highest BCUT2D eigenvalue weighted by molar-refractivity contribution is 8.14. The van der Waals surface area contributed by atoms with Crippen molar-refractivity contribution in [2.24, 2.45) is 4.99 Å². The van der Waals surface area contributed by atoms with Gasteiger partial charge in [0.1, 0.15) is 17.2 Å². The summed E-state index contributed by atoms with van der Waals surface area (Å²) in [7, 11) is 3.14. The molecule has 0 aromatic heterocycles. The van der Waals surface area contributed by atoms with Gasteiger partial charge in [0, 0.05) is 19.0 Å². The number of nitrogens with zero attached hydrogens (tertiary/aromatic N) is 3. The van der Waals surface area contributed by atoms with Gasteiger partial charge in [-0.3, -0.25) is 24.2 Å². The Morgan fingerprint density at radius 1 is 1.09 bits per heavy atom. The van der Waals surface area contributed by atoms with Gasteiger partial charge in [-0.25, -0.2) is 4.99 Å². The molecular weight excluding hydrogens is 442 g/mol. The Morgan fingerprint density at radius 2 is 1.85 bits per heavy atom. The molecule has 0 saturated carbocycles. The molecule has 2 aromatic carbocycles. The van der Waals surface area contributed by atoms with Crippen molar-refractivity contribution in [3.05, 3.63) is 59.8 Å². The van der Waals surface area contributed by atoms with E-state index in [1.807, 2.05) is 12.1 Å². The molecule has 0 atom stereocenters. The molecule has 170 valence electrons. The largest absolute Gasteiger partial charge is 0.497 e. The van der Waals surface area contributed by atoms with Gasteiger partial charge in [-0.2, -0.15) is 0 Å². The summed E-state index contributed by atoms with van der Waals surface area (Å²) in [5.74, 6) is 0.559. The number of aliphatic imine (C=N–C) groups is 1. The fraction of sp³-hybridized carbons (Fsp3) is 0.250. The lowest BCUT2D eigenvalue weighted by atomic mass is 10.2. The van der Waals surface area contributed by atoms with Crippen LogP contribution in [0.3, 0.4) is 0 Å². The van der Waals surface area contributed by atoms with E-state index in [1.165, 1.54) is 9.80 Å². The van der Waals surface area contributed by atoms with E-state index in [0.29, 0.717) is 41.7 Å². The normalized spacial score (nSPS) is 17.0. The van der Waals surface area contributed by atoms with E-state index in [0.717, 1.165) is 17.3 Å². The molecule has 1 fully saturated rings. The van der Waals surface area contributed by atoms with E-state index in [-0.39, 0.29) is 29.2 Å². The molecule has 9 heteroatoms. The average molecular weight is 466 g/mol. The Bertz CT molecular complexity index is 1140. The predicted molar refractivity (Wildman–Crippen MR) is 127 cm³/mol. The Morgan fingerprint density at radius 3 is 2.52 bits per heavy atom. The predicted octanol–water partition coefficient (Wildman–Crippen LogP) is 3.33. The third kappa shape index (κ3) is 4.93. The highest BCUT2D eigenvalue weighted by Gasteiger charge is 2.34. The van der Waals surface area contributed by atoms with Gasteiger partial charge in [-0.05, 0) is 42.3 Å². The van der Waals surface area contributed by atoms with Crippen LogP contribution in [-0.2, 0) is 14.4 Å². The van der Waals surface area contributed by atoms with E-state index in [2.05, 4.69) is 4.99 Å². The molecule has 2 aromatic rings. The first-order valence-corrected chi connectivity index (χ1v) is 11.4. The van der Waals surface area contributed by atoms with Gasteiger partial charge < -0.3 is 9.47 Å². The maximum atomic E-state index is 13.3. The lowest BCUT2D eigenvalue weighted by Gasteiger charge is -2.19. The van der Waals surface area contributed by atoms with Crippen LogP contribution in [0.2, 0.25) is 0 Å². The number of carbonyl (C=O) groups is 3. The first-order valence-electron chi connectivity index (χ1n) is 10.4. The Hall–Kier alpha value is -3.59. The topological polar surface area (TPSA) is 88.5 Å². The number of ether oxygens (including phenoxy) is 2. The number of benzene rings is 2. The molecule has 0 bridgehead atoms. The second-order valence-corrected chi connectivity index (χ2v) is 8.31. The number of carbonyl (C=O) groups excluding carboxylic acids is 3. The number of hydrogen-bond acceptors (Lipinski definition) is 7. The van der Waals surface area contributed by atoms with Crippen LogP contribution >= 0.6 is 11.8 Å². The SMILES string of the molecule is COc1ccc(C=C2N=C(SCC(=O)N3CCCC3=O)N(c3cccc(OC)c3)C2=O)cc1. The van der Waals surface area contributed by atoms with Crippen LogP contribution in [0.5, 0.6) is 11.5 Å². The summed E-state index contributed by atoms with van der Waals surface area (Å²) in [6.07, 6.45) is 2.76. The first kappa shape index (κ1) is 22.6. The maximum Gasteiger partial charge on any atom is 0.283 e. The van der Waals surface area contributed by atoms with E-state index in [4.69, 9.17) is 9.47 Å². The van der Waals surface area contributed by atoms with Crippen molar-refractivity contribution in [3.8, 4) is 11.5 Å². The van der Waals surface area contributed by atoms with Crippen LogP contribution in [0.1, 0.15) is 18.4 Å². The molecule has 2 heterocycles. The molecule has 0 aliphatic carbocycles. The van der Waals surface area contributed by atoms with E-state index >= 15 is 0 Å². The zero-order valence-corrected chi connectivity index (χ0v) is 19.1. The third-order valence-electron chi connectivity index (χ3n) is 5.26. The quantitative estimate of drug-likeness (QED) is 0.608. The Labute approximate surface area is 195 Å². The van der Waals surface area contributed by atoms with Crippen LogP contribution in [0, 0.1) is 0 Å². The number of rotatable bonds is 6. The van der Waals surface area contributed by atoms with E-state index in [1.54, 1.807) is 56.7 Å². The van der Waals surface area contributed by atoms with Gasteiger partial charge in [0.2, 0.25) is 11.8 Å². The van der Waals surface area contributed by atoms with Crippen LogP contribution in [0.4, 0.5) is 5.69 Å². The maximum absolute atomic E-state index is 13.3. The van der Waals surface area contributed by atoms with E-state index < -0.39 is 0 Å². The number of amides is 3. The van der Waals surface area contributed by atoms with Crippen LogP contribution in [0.25, 0.3) is 6.08 Å². The minimum Gasteiger partial charge on any atom is -0.497 e. The summed E-state index contributed by atoms with van der Waals surface area (Å²) >= 11 is 1.13. The molecule has 2 aliphatic rings. The fourth-order valence-corrected chi connectivity index (χ4v) is 4.43. The van der Waals surface area contributed by atoms with Crippen molar-refractivity contribution in [2.45, 2.75) is 12.8 Å². The van der Waals surface area contributed by atoms with Crippen molar-refractivity contribution >= 4 is 46.4 Å². The van der Waals surface area contributed by atoms with Crippen molar-refractivity contribution in [1.82, 2.24) is 4.90 Å². The first-order chi connectivity index (χ1) is 16.0. The van der Waals surface area contributed by atoms with Crippen LogP contribution in [-0.4, -0.2) is 54.3 Å². The number of methoxy groups -OCH3 is 2. The molecule has 33 heavy (non-hydrogen) atoms. The molecule has 4 rings (SSSR count). The fourth-order valence-electron chi connectivity index (χ4n) is 3.54. The summed E-state index contributed by atoms with van der Waals surface area (Å²) < 4.78 is 10.5. The molecule has 3 amide bonds. The molecule has 0 spiro atoms. The lowest BCUT2D eigenvalue weighted by molar-refractivity contribution is -0.140. The molecule has 0 unspecified atom stereocenters. The summed E-state index contributed by atoms with van der Waals surface area (Å²) in [5, 5.41) is 0.369. The van der Waals surface area contributed by atoms with Gasteiger partial charge in [0.05, 0.1) is 25.7 Å². The molecule has 0 radical (unpaired) electrons. The van der Waals surface area contributed by atoms with Gasteiger partial charge >= 0.3 is 0 Å². The molecular formula is C24H23N3O5S. The highest BCUT2D eigenvalue weighted by Crippen LogP contribution is 2.31. The summed E-state index contributed by atoms with van der Waals surface area (Å²) in [5.41, 5.74) is 1.61. The van der Waals surface area contributed by atoms with Crippen molar-refractivity contribution < 1.29 is 23.9 Å². The summed E-state index contributed by atoms with van der Waals surface area (Å²) in [6.45, 7) is 0.436. The minimum atomic E-state index is -0.314. The smallest absolute Gasteiger partial charge is 0.283 e. The average Bonchev–Trinajstić information content (AvgIpc) is 3.40. The van der Waals surface area contributed by atoms with Crippen molar-refractivity contribution in [1.29, 1.82) is 0 Å². The second-order valence-electron chi connectivity index (χ2n) is 7.37. The Kier molecular flexibility index (Phi) is 6.79. The number of hydrogen-bond donors (Lipinski definition) is 0. The van der Waals surface area contributed by atoms with E-state index in [9.17, 15) is 14.4 Å².